The summed E-state index contributed by atoms with van der Waals surface area (Å²) < 4.78 is 55.5. The van der Waals surface area contributed by atoms with Gasteiger partial charge in [0, 0.05) is 35.8 Å². The zero-order valence-corrected chi connectivity index (χ0v) is 24.3. The summed E-state index contributed by atoms with van der Waals surface area (Å²) in [5.74, 6) is 0.237. The molecule has 42 heavy (non-hydrogen) atoms. The molecule has 1 aromatic heterocycles. The first kappa shape index (κ1) is 32.4. The number of carbonyl (C=O) groups is 1. The molecule has 0 atom stereocenters. The van der Waals surface area contributed by atoms with Crippen molar-refractivity contribution in [1.82, 2.24) is 9.55 Å². The Hall–Kier alpha value is -4.16. The molecule has 0 spiro atoms. The molecule has 0 amide bonds. The topological polar surface area (TPSA) is 103 Å². The minimum absolute atomic E-state index is 0.0263. The summed E-state index contributed by atoms with van der Waals surface area (Å²) in [6.45, 7) is 0.291. The smallest absolute Gasteiger partial charge is 0.290 e. The van der Waals surface area contributed by atoms with Crippen molar-refractivity contribution < 1.29 is 32.5 Å². The number of rotatable bonds is 12. The van der Waals surface area contributed by atoms with Crippen LogP contribution in [0.15, 0.2) is 65.8 Å². The van der Waals surface area contributed by atoms with E-state index in [-0.39, 0.29) is 23.6 Å². The maximum Gasteiger partial charge on any atom is 0.290 e. The van der Waals surface area contributed by atoms with Gasteiger partial charge >= 0.3 is 0 Å². The first-order chi connectivity index (χ1) is 20.3. The van der Waals surface area contributed by atoms with E-state index in [0.29, 0.717) is 41.1 Å². The standard InChI is InChI=1S/C29H31F3N4O2S.CH2O2/c1-35(21-14-15-26(37-2)27(17-21)38-3)28-25(9-4-5-16-33)36(20-12-10-19(30)11-13-20)29(34-28)39-18-22-23(31)7-6-8-24(22)32;2-1-3/h6-8,10-15,17H,4-5,9,16,18,33H2,1-3H3;1H,(H,2,3). The molecule has 12 heteroatoms. The Morgan fingerprint density at radius 3 is 2.24 bits per heavy atom. The molecule has 0 aliphatic heterocycles. The van der Waals surface area contributed by atoms with Crippen LogP contribution in [0.25, 0.3) is 5.69 Å². The summed E-state index contributed by atoms with van der Waals surface area (Å²) >= 11 is 1.21. The van der Waals surface area contributed by atoms with Crippen LogP contribution in [0.1, 0.15) is 24.1 Å². The number of anilines is 2. The Morgan fingerprint density at radius 1 is 1.00 bits per heavy atom. The van der Waals surface area contributed by atoms with Crippen LogP contribution in [0.2, 0.25) is 0 Å². The van der Waals surface area contributed by atoms with Crippen LogP contribution in [0.5, 0.6) is 11.5 Å². The summed E-state index contributed by atoms with van der Waals surface area (Å²) in [6, 6.07) is 15.4. The van der Waals surface area contributed by atoms with Crippen molar-refractivity contribution in [2.75, 3.05) is 32.7 Å². The summed E-state index contributed by atoms with van der Waals surface area (Å²) in [4.78, 5) is 15.2. The zero-order chi connectivity index (χ0) is 30.6. The Bertz CT molecular complexity index is 1450. The largest absolute Gasteiger partial charge is 0.493 e. The second kappa shape index (κ2) is 15.7. The van der Waals surface area contributed by atoms with Crippen molar-refractivity contribution in [3.8, 4) is 17.2 Å². The van der Waals surface area contributed by atoms with Gasteiger partial charge in [0.2, 0.25) is 0 Å². The summed E-state index contributed by atoms with van der Waals surface area (Å²) in [7, 11) is 5.03. The fourth-order valence-corrected chi connectivity index (χ4v) is 5.31. The number of nitrogens with two attached hydrogens (primary N) is 1. The number of hydrogen-bond acceptors (Lipinski definition) is 7. The van der Waals surface area contributed by atoms with E-state index in [9.17, 15) is 13.2 Å². The van der Waals surface area contributed by atoms with Gasteiger partial charge in [-0.05, 0) is 74.3 Å². The number of unbranched alkanes of at least 4 members (excludes halogenated alkanes) is 1. The molecule has 0 aliphatic rings. The van der Waals surface area contributed by atoms with E-state index < -0.39 is 11.6 Å². The Labute approximate surface area is 246 Å². The predicted molar refractivity (Wildman–Crippen MR) is 158 cm³/mol. The van der Waals surface area contributed by atoms with Crippen molar-refractivity contribution in [3.63, 3.8) is 0 Å². The van der Waals surface area contributed by atoms with Crippen molar-refractivity contribution in [1.29, 1.82) is 0 Å². The molecular formula is C30H33F3N4O4S. The number of thioether (sulfide) groups is 1. The number of nitrogens with zero attached hydrogens (tertiary/aromatic N) is 3. The van der Waals surface area contributed by atoms with Crippen molar-refractivity contribution in [2.24, 2.45) is 5.73 Å². The van der Waals surface area contributed by atoms with E-state index in [1.165, 1.54) is 42.1 Å². The molecule has 0 saturated heterocycles. The highest BCUT2D eigenvalue weighted by atomic mass is 32.2. The second-order valence-electron chi connectivity index (χ2n) is 8.91. The lowest BCUT2D eigenvalue weighted by molar-refractivity contribution is -0.122. The van der Waals surface area contributed by atoms with Crippen LogP contribution >= 0.6 is 11.8 Å². The molecule has 0 saturated carbocycles. The van der Waals surface area contributed by atoms with Gasteiger partial charge in [-0.25, -0.2) is 18.2 Å². The highest BCUT2D eigenvalue weighted by Crippen LogP contribution is 2.38. The van der Waals surface area contributed by atoms with Crippen molar-refractivity contribution >= 4 is 29.7 Å². The van der Waals surface area contributed by atoms with Gasteiger partial charge in [0.05, 0.1) is 19.9 Å². The molecule has 1 heterocycles. The van der Waals surface area contributed by atoms with Gasteiger partial charge < -0.3 is 25.2 Å². The fraction of sp³-hybridized carbons (Fsp3) is 0.267. The molecule has 8 nitrogen and oxygen atoms in total. The maximum atomic E-state index is 14.4. The van der Waals surface area contributed by atoms with Crippen LogP contribution in [0, 0.1) is 17.5 Å². The van der Waals surface area contributed by atoms with Gasteiger partial charge in [0.1, 0.15) is 17.5 Å². The Morgan fingerprint density at radius 2 is 1.64 bits per heavy atom. The Balaban J connectivity index is 0.00000155. The van der Waals surface area contributed by atoms with E-state index in [4.69, 9.17) is 30.1 Å². The third-order valence-corrected chi connectivity index (χ3v) is 7.32. The lowest BCUT2D eigenvalue weighted by Crippen LogP contribution is -2.14. The minimum Gasteiger partial charge on any atom is -0.493 e. The average Bonchev–Trinajstić information content (AvgIpc) is 3.35. The van der Waals surface area contributed by atoms with Crippen LogP contribution in [0.4, 0.5) is 24.7 Å². The van der Waals surface area contributed by atoms with E-state index in [1.807, 2.05) is 34.7 Å². The predicted octanol–water partition coefficient (Wildman–Crippen LogP) is 6.35. The number of benzene rings is 3. The van der Waals surface area contributed by atoms with E-state index >= 15 is 0 Å². The molecule has 0 fully saturated rings. The zero-order valence-electron chi connectivity index (χ0n) is 23.5. The molecule has 0 unspecified atom stereocenters. The van der Waals surface area contributed by atoms with E-state index in [2.05, 4.69) is 0 Å². The summed E-state index contributed by atoms with van der Waals surface area (Å²) in [5.41, 5.74) is 8.10. The van der Waals surface area contributed by atoms with Crippen LogP contribution in [0.3, 0.4) is 0 Å². The Kier molecular flexibility index (Phi) is 12.1. The highest BCUT2D eigenvalue weighted by Gasteiger charge is 2.24. The van der Waals surface area contributed by atoms with Crippen LogP contribution < -0.4 is 20.1 Å². The van der Waals surface area contributed by atoms with Crippen molar-refractivity contribution in [3.05, 3.63) is 89.4 Å². The lowest BCUT2D eigenvalue weighted by atomic mass is 10.1. The van der Waals surface area contributed by atoms with E-state index in [1.54, 1.807) is 26.4 Å². The van der Waals surface area contributed by atoms with Gasteiger partial charge in [-0.1, -0.05) is 17.8 Å². The average molecular weight is 603 g/mol. The van der Waals surface area contributed by atoms with E-state index in [0.717, 1.165) is 24.2 Å². The fourth-order valence-electron chi connectivity index (χ4n) is 4.27. The first-order valence-corrected chi connectivity index (χ1v) is 13.9. The number of imidazole rings is 1. The van der Waals surface area contributed by atoms with Gasteiger partial charge in [0.25, 0.3) is 6.47 Å². The molecule has 0 radical (unpaired) electrons. The quantitative estimate of drug-likeness (QED) is 0.110. The second-order valence-corrected chi connectivity index (χ2v) is 9.86. The van der Waals surface area contributed by atoms with Gasteiger partial charge in [-0.15, -0.1) is 0 Å². The van der Waals surface area contributed by atoms with Crippen LogP contribution in [-0.4, -0.2) is 48.9 Å². The number of ether oxygens (including phenoxy) is 2. The maximum absolute atomic E-state index is 14.4. The van der Waals surface area contributed by atoms with Gasteiger partial charge in [0.15, 0.2) is 22.5 Å². The molecule has 4 aromatic rings. The molecule has 0 bridgehead atoms. The number of methoxy groups -OCH3 is 2. The summed E-state index contributed by atoms with van der Waals surface area (Å²) in [5, 5.41) is 7.41. The monoisotopic (exact) mass is 602 g/mol. The third kappa shape index (κ3) is 7.77. The first-order valence-electron chi connectivity index (χ1n) is 13.0. The summed E-state index contributed by atoms with van der Waals surface area (Å²) in [6.07, 6.45) is 2.22. The molecule has 3 N–H and O–H groups in total. The third-order valence-electron chi connectivity index (χ3n) is 6.35. The van der Waals surface area contributed by atoms with Gasteiger partial charge in [-0.2, -0.15) is 0 Å². The van der Waals surface area contributed by atoms with Crippen LogP contribution in [-0.2, 0) is 17.0 Å². The van der Waals surface area contributed by atoms with Gasteiger partial charge in [-0.3, -0.25) is 9.36 Å². The minimum atomic E-state index is -0.617. The molecule has 3 aromatic carbocycles. The molecule has 224 valence electrons. The number of hydrogen-bond donors (Lipinski definition) is 2. The SMILES string of the molecule is COc1ccc(N(C)c2nc(SCc3c(F)cccc3F)n(-c3ccc(F)cc3)c2CCCCN)cc1OC.O=CO. The number of halogens is 3. The molecule has 0 aliphatic carbocycles. The molecular weight excluding hydrogens is 569 g/mol. The lowest BCUT2D eigenvalue weighted by Gasteiger charge is -2.21. The van der Waals surface area contributed by atoms with Crippen molar-refractivity contribution in [2.45, 2.75) is 30.2 Å². The highest BCUT2D eigenvalue weighted by molar-refractivity contribution is 7.98. The molecule has 4 rings (SSSR count). The number of carboxylic acid groups (broad SMARTS) is 1. The number of aromatic nitrogens is 2. The normalized spacial score (nSPS) is 10.5.